The number of hydrogen-bond acceptors (Lipinski definition) is 6. The number of aromatic amines is 1. The molecule has 0 spiro atoms. The molecule has 8 heteroatoms. The first-order chi connectivity index (χ1) is 17.0. The zero-order chi connectivity index (χ0) is 24.4. The molecular weight excluding hydrogens is 440 g/mol. The van der Waals surface area contributed by atoms with Crippen molar-refractivity contribution in [3.8, 4) is 0 Å². The molecule has 2 aromatic heterocycles. The lowest BCUT2D eigenvalue weighted by Gasteiger charge is -2.30. The van der Waals surface area contributed by atoms with Crippen molar-refractivity contribution in [2.75, 3.05) is 13.2 Å². The highest BCUT2D eigenvalue weighted by Gasteiger charge is 2.31. The van der Waals surface area contributed by atoms with Crippen molar-refractivity contribution in [1.82, 2.24) is 30.1 Å². The molecule has 1 fully saturated rings. The molecule has 0 saturated carbocycles. The third-order valence-electron chi connectivity index (χ3n) is 6.99. The van der Waals surface area contributed by atoms with Crippen LogP contribution in [0.5, 0.6) is 0 Å². The summed E-state index contributed by atoms with van der Waals surface area (Å²) < 4.78 is 7.67. The molecule has 0 unspecified atom stereocenters. The van der Waals surface area contributed by atoms with Gasteiger partial charge < -0.3 is 9.72 Å². The van der Waals surface area contributed by atoms with Crippen LogP contribution in [0.1, 0.15) is 53.9 Å². The molecule has 0 aliphatic carbocycles. The smallest absolute Gasteiger partial charge is 0.253 e. The Hall–Kier alpha value is -3.36. The predicted molar refractivity (Wildman–Crippen MR) is 135 cm³/mol. The highest BCUT2D eigenvalue weighted by Crippen LogP contribution is 2.29. The van der Waals surface area contributed by atoms with Crippen molar-refractivity contribution in [3.05, 3.63) is 87.0 Å². The minimum Gasteiger partial charge on any atom is -0.376 e. The fourth-order valence-electron chi connectivity index (χ4n) is 4.92. The number of nitrogens with zero attached hydrogens (tertiary/aromatic N) is 5. The highest BCUT2D eigenvalue weighted by atomic mass is 16.5. The molecule has 2 atom stereocenters. The van der Waals surface area contributed by atoms with E-state index in [0.29, 0.717) is 24.5 Å². The van der Waals surface area contributed by atoms with Crippen LogP contribution in [-0.4, -0.2) is 49.3 Å². The Balaban J connectivity index is 1.63. The second-order valence-electron chi connectivity index (χ2n) is 9.38. The second-order valence-corrected chi connectivity index (χ2v) is 9.38. The van der Waals surface area contributed by atoms with E-state index < -0.39 is 6.04 Å². The van der Waals surface area contributed by atoms with Crippen LogP contribution in [0.15, 0.2) is 53.3 Å². The number of pyridine rings is 1. The van der Waals surface area contributed by atoms with Crippen LogP contribution in [-0.2, 0) is 17.8 Å². The number of tetrazole rings is 1. The predicted octanol–water partition coefficient (Wildman–Crippen LogP) is 3.92. The van der Waals surface area contributed by atoms with E-state index in [2.05, 4.69) is 64.4 Å². The quantitative estimate of drug-likeness (QED) is 0.418. The van der Waals surface area contributed by atoms with Gasteiger partial charge >= 0.3 is 0 Å². The van der Waals surface area contributed by atoms with Gasteiger partial charge in [0.1, 0.15) is 6.04 Å². The Morgan fingerprint density at radius 3 is 2.71 bits per heavy atom. The summed E-state index contributed by atoms with van der Waals surface area (Å²) in [5, 5.41) is 13.8. The van der Waals surface area contributed by atoms with Gasteiger partial charge in [0.2, 0.25) is 0 Å². The number of ether oxygens (including phenoxy) is 1. The maximum Gasteiger partial charge on any atom is 0.253 e. The standard InChI is InChI=1S/C27H32N6O2/c1-4-32(16-20-9-6-5-7-10-20)25(26-29-30-31-33(26)17-22-11-8-12-35-22)23-15-21-13-18(2)19(3)14-24(21)28-27(23)34/h5-7,9-10,13-15,22,25H,4,8,11-12,16-17H2,1-3H3,(H,28,34)/t22-,25-/m0/s1. The van der Waals surface area contributed by atoms with E-state index in [-0.39, 0.29) is 11.7 Å². The van der Waals surface area contributed by atoms with Crippen LogP contribution in [0, 0.1) is 13.8 Å². The fraction of sp³-hybridized carbons (Fsp3) is 0.407. The minimum absolute atomic E-state index is 0.0858. The van der Waals surface area contributed by atoms with Gasteiger partial charge in [0.05, 0.1) is 12.6 Å². The number of fused-ring (bicyclic) bond motifs is 1. The SMILES string of the molecule is CCN(Cc1ccccc1)[C@@H](c1cc2cc(C)c(C)cc2[nH]c1=O)c1nnnn1C[C@@H]1CCCO1. The summed E-state index contributed by atoms with van der Waals surface area (Å²) in [7, 11) is 0. The molecule has 35 heavy (non-hydrogen) atoms. The second kappa shape index (κ2) is 10.1. The molecule has 2 aromatic carbocycles. The first kappa shape index (κ1) is 23.4. The zero-order valence-electron chi connectivity index (χ0n) is 20.6. The molecule has 0 radical (unpaired) electrons. The van der Waals surface area contributed by atoms with Crippen LogP contribution in [0.2, 0.25) is 0 Å². The van der Waals surface area contributed by atoms with Gasteiger partial charge in [0, 0.05) is 24.2 Å². The zero-order valence-corrected chi connectivity index (χ0v) is 20.6. The van der Waals surface area contributed by atoms with Gasteiger partial charge in [-0.1, -0.05) is 37.3 Å². The summed E-state index contributed by atoms with van der Waals surface area (Å²) in [6.07, 6.45) is 2.12. The Labute approximate surface area is 204 Å². The molecule has 5 rings (SSSR count). The Morgan fingerprint density at radius 2 is 1.97 bits per heavy atom. The summed E-state index contributed by atoms with van der Waals surface area (Å²) in [6.45, 7) is 8.98. The number of nitrogens with one attached hydrogen (secondary N) is 1. The number of aryl methyl sites for hydroxylation is 2. The van der Waals surface area contributed by atoms with Crippen LogP contribution >= 0.6 is 0 Å². The molecule has 8 nitrogen and oxygen atoms in total. The van der Waals surface area contributed by atoms with Crippen molar-refractivity contribution in [3.63, 3.8) is 0 Å². The van der Waals surface area contributed by atoms with Gasteiger partial charge in [-0.05, 0) is 83.9 Å². The third-order valence-corrected chi connectivity index (χ3v) is 6.99. The molecular formula is C27H32N6O2. The van der Waals surface area contributed by atoms with Crippen LogP contribution in [0.25, 0.3) is 10.9 Å². The Kier molecular flexibility index (Phi) is 6.74. The largest absolute Gasteiger partial charge is 0.376 e. The molecule has 4 aromatic rings. The molecule has 182 valence electrons. The molecule has 3 heterocycles. The first-order valence-electron chi connectivity index (χ1n) is 12.3. The monoisotopic (exact) mass is 472 g/mol. The van der Waals surface area contributed by atoms with E-state index in [9.17, 15) is 4.79 Å². The maximum absolute atomic E-state index is 13.5. The van der Waals surface area contributed by atoms with Gasteiger partial charge in [-0.3, -0.25) is 9.69 Å². The number of rotatable bonds is 8. The topological polar surface area (TPSA) is 88.9 Å². The summed E-state index contributed by atoms with van der Waals surface area (Å²) in [5.74, 6) is 0.659. The van der Waals surface area contributed by atoms with Crippen molar-refractivity contribution < 1.29 is 4.74 Å². The van der Waals surface area contributed by atoms with Crippen molar-refractivity contribution in [2.45, 2.75) is 58.8 Å². The minimum atomic E-state index is -0.411. The van der Waals surface area contributed by atoms with E-state index in [1.807, 2.05) is 35.0 Å². The van der Waals surface area contributed by atoms with E-state index >= 15 is 0 Å². The number of hydrogen-bond donors (Lipinski definition) is 1. The van der Waals surface area contributed by atoms with Gasteiger partial charge in [-0.25, -0.2) is 4.68 Å². The summed E-state index contributed by atoms with van der Waals surface area (Å²) in [4.78, 5) is 18.9. The van der Waals surface area contributed by atoms with E-state index in [4.69, 9.17) is 4.74 Å². The Bertz CT molecular complexity index is 1360. The molecule has 0 bridgehead atoms. The third kappa shape index (κ3) is 4.90. The lowest BCUT2D eigenvalue weighted by molar-refractivity contribution is 0.0907. The summed E-state index contributed by atoms with van der Waals surface area (Å²) >= 11 is 0. The average molecular weight is 473 g/mol. The average Bonchev–Trinajstić information content (AvgIpc) is 3.54. The molecule has 0 amide bonds. The van der Waals surface area contributed by atoms with E-state index in [0.717, 1.165) is 42.5 Å². The number of benzene rings is 2. The van der Waals surface area contributed by atoms with Gasteiger partial charge in [0.25, 0.3) is 5.56 Å². The van der Waals surface area contributed by atoms with Crippen molar-refractivity contribution in [2.24, 2.45) is 0 Å². The Morgan fingerprint density at radius 1 is 1.17 bits per heavy atom. The summed E-state index contributed by atoms with van der Waals surface area (Å²) in [6, 6.07) is 16.0. The van der Waals surface area contributed by atoms with Crippen molar-refractivity contribution >= 4 is 10.9 Å². The lowest BCUT2D eigenvalue weighted by Crippen LogP contribution is -2.35. The van der Waals surface area contributed by atoms with Crippen LogP contribution in [0.3, 0.4) is 0 Å². The number of H-pyrrole nitrogens is 1. The molecule has 1 N–H and O–H groups in total. The van der Waals surface area contributed by atoms with E-state index in [1.54, 1.807) is 0 Å². The van der Waals surface area contributed by atoms with Gasteiger partial charge in [0.15, 0.2) is 5.82 Å². The molecule has 1 saturated heterocycles. The fourth-order valence-corrected chi connectivity index (χ4v) is 4.92. The first-order valence-corrected chi connectivity index (χ1v) is 12.3. The molecule has 1 aliphatic rings. The molecule has 1 aliphatic heterocycles. The lowest BCUT2D eigenvalue weighted by atomic mass is 10.00. The highest BCUT2D eigenvalue weighted by molar-refractivity contribution is 5.81. The van der Waals surface area contributed by atoms with Gasteiger partial charge in [-0.2, -0.15) is 0 Å². The summed E-state index contributed by atoms with van der Waals surface area (Å²) in [5.41, 5.74) is 4.86. The van der Waals surface area contributed by atoms with E-state index in [1.165, 1.54) is 11.1 Å². The van der Waals surface area contributed by atoms with Crippen molar-refractivity contribution in [1.29, 1.82) is 0 Å². The number of aromatic nitrogens is 5. The van der Waals surface area contributed by atoms with Crippen LogP contribution < -0.4 is 5.56 Å². The normalized spacial score (nSPS) is 16.9. The maximum atomic E-state index is 13.5. The van der Waals surface area contributed by atoms with Gasteiger partial charge in [-0.15, -0.1) is 5.10 Å². The van der Waals surface area contributed by atoms with Crippen LogP contribution in [0.4, 0.5) is 0 Å².